The summed E-state index contributed by atoms with van der Waals surface area (Å²) in [5.74, 6) is 0.227. The van der Waals surface area contributed by atoms with Crippen LogP contribution in [0.3, 0.4) is 0 Å². The first-order valence-electron chi connectivity index (χ1n) is 6.50. The summed E-state index contributed by atoms with van der Waals surface area (Å²) in [6.45, 7) is 6.50. The molecular weight excluding hydrogens is 216 g/mol. The zero-order valence-electron chi connectivity index (χ0n) is 11.4. The number of rotatable bonds is 6. The molecular formula is C13H26N2O2. The van der Waals surface area contributed by atoms with Gasteiger partial charge in [0.05, 0.1) is 12.6 Å². The molecule has 4 heteroatoms. The Hall–Kier alpha value is -0.610. The molecule has 1 atom stereocenters. The van der Waals surface area contributed by atoms with Crippen LogP contribution in [0.4, 0.5) is 0 Å². The van der Waals surface area contributed by atoms with Crippen LogP contribution in [0.2, 0.25) is 0 Å². The highest BCUT2D eigenvalue weighted by atomic mass is 16.5. The quantitative estimate of drug-likeness (QED) is 0.765. The number of hydrogen-bond donors (Lipinski definition) is 1. The van der Waals surface area contributed by atoms with Gasteiger partial charge in [0.2, 0.25) is 5.91 Å². The van der Waals surface area contributed by atoms with Crippen molar-refractivity contribution >= 4 is 5.91 Å². The highest BCUT2D eigenvalue weighted by Crippen LogP contribution is 2.26. The summed E-state index contributed by atoms with van der Waals surface area (Å²) in [5, 5.41) is 0. The molecule has 0 spiro atoms. The van der Waals surface area contributed by atoms with E-state index in [0.717, 1.165) is 25.9 Å². The minimum Gasteiger partial charge on any atom is -0.379 e. The Morgan fingerprint density at radius 1 is 1.47 bits per heavy atom. The predicted molar refractivity (Wildman–Crippen MR) is 68.7 cm³/mol. The van der Waals surface area contributed by atoms with Crippen LogP contribution in [0.1, 0.15) is 39.5 Å². The van der Waals surface area contributed by atoms with Gasteiger partial charge in [-0.1, -0.05) is 13.8 Å². The minimum atomic E-state index is 0.164. The summed E-state index contributed by atoms with van der Waals surface area (Å²) >= 11 is 0. The average molecular weight is 242 g/mol. The van der Waals surface area contributed by atoms with Gasteiger partial charge in [0.25, 0.3) is 0 Å². The molecule has 0 saturated carbocycles. The summed E-state index contributed by atoms with van der Waals surface area (Å²) < 4.78 is 5.30. The lowest BCUT2D eigenvalue weighted by atomic mass is 9.84. The molecule has 0 aliphatic carbocycles. The van der Waals surface area contributed by atoms with E-state index in [4.69, 9.17) is 10.5 Å². The standard InChI is InChI=1S/C13H26N2O2/c1-13(2,7-8-14)6-4-12(16)15(3)11-5-9-17-10-11/h11H,4-10,14H2,1-3H3. The van der Waals surface area contributed by atoms with Gasteiger partial charge in [-0.15, -0.1) is 0 Å². The molecule has 1 aliphatic heterocycles. The van der Waals surface area contributed by atoms with Gasteiger partial charge in [-0.2, -0.15) is 0 Å². The number of likely N-dealkylation sites (N-methyl/N-ethyl adjacent to an activating group) is 1. The number of nitrogens with zero attached hydrogens (tertiary/aromatic N) is 1. The second-order valence-electron chi connectivity index (χ2n) is 5.72. The number of carbonyl (C=O) groups is 1. The maximum atomic E-state index is 12.0. The Morgan fingerprint density at radius 3 is 2.71 bits per heavy atom. The van der Waals surface area contributed by atoms with Gasteiger partial charge in [0.15, 0.2) is 0 Å². The second-order valence-corrected chi connectivity index (χ2v) is 5.72. The summed E-state index contributed by atoms with van der Waals surface area (Å²) in [6, 6.07) is 0.278. The van der Waals surface area contributed by atoms with Gasteiger partial charge in [0, 0.05) is 20.1 Å². The van der Waals surface area contributed by atoms with Crippen molar-refractivity contribution in [2.75, 3.05) is 26.8 Å². The molecule has 1 unspecified atom stereocenters. The number of amides is 1. The zero-order valence-corrected chi connectivity index (χ0v) is 11.4. The van der Waals surface area contributed by atoms with Crippen molar-refractivity contribution in [3.63, 3.8) is 0 Å². The van der Waals surface area contributed by atoms with Gasteiger partial charge < -0.3 is 15.4 Å². The summed E-state index contributed by atoms with van der Waals surface area (Å²) in [6.07, 6.45) is 3.45. The second kappa shape index (κ2) is 6.36. The monoisotopic (exact) mass is 242 g/mol. The van der Waals surface area contributed by atoms with Gasteiger partial charge >= 0.3 is 0 Å². The Balaban J connectivity index is 2.33. The van der Waals surface area contributed by atoms with Crippen LogP contribution >= 0.6 is 0 Å². The van der Waals surface area contributed by atoms with Gasteiger partial charge in [-0.3, -0.25) is 4.79 Å². The third-order valence-electron chi connectivity index (χ3n) is 3.68. The van der Waals surface area contributed by atoms with Crippen LogP contribution in [0.25, 0.3) is 0 Å². The number of ether oxygens (including phenoxy) is 1. The molecule has 0 aromatic carbocycles. The number of nitrogens with two attached hydrogens (primary N) is 1. The van der Waals surface area contributed by atoms with Gasteiger partial charge in [-0.05, 0) is 31.2 Å². The molecule has 0 radical (unpaired) electrons. The van der Waals surface area contributed by atoms with E-state index in [0.29, 0.717) is 19.6 Å². The lowest BCUT2D eigenvalue weighted by Crippen LogP contribution is -2.37. The molecule has 4 nitrogen and oxygen atoms in total. The third-order valence-corrected chi connectivity index (χ3v) is 3.68. The van der Waals surface area contributed by atoms with Gasteiger partial charge in [0.1, 0.15) is 0 Å². The van der Waals surface area contributed by atoms with Crippen LogP contribution in [-0.4, -0.2) is 43.7 Å². The average Bonchev–Trinajstić information content (AvgIpc) is 2.78. The van der Waals surface area contributed by atoms with E-state index >= 15 is 0 Å². The zero-order chi connectivity index (χ0) is 12.9. The fourth-order valence-corrected chi connectivity index (χ4v) is 2.17. The van der Waals surface area contributed by atoms with Crippen LogP contribution in [-0.2, 0) is 9.53 Å². The van der Waals surface area contributed by atoms with E-state index in [9.17, 15) is 4.79 Å². The van der Waals surface area contributed by atoms with Crippen molar-refractivity contribution < 1.29 is 9.53 Å². The fourth-order valence-electron chi connectivity index (χ4n) is 2.17. The van der Waals surface area contributed by atoms with Crippen molar-refractivity contribution in [3.8, 4) is 0 Å². The first-order valence-corrected chi connectivity index (χ1v) is 6.50. The molecule has 0 aromatic rings. The third kappa shape index (κ3) is 4.64. The van der Waals surface area contributed by atoms with Crippen molar-refractivity contribution in [2.24, 2.45) is 11.1 Å². The molecule has 0 bridgehead atoms. The van der Waals surface area contributed by atoms with E-state index in [1.165, 1.54) is 0 Å². The maximum absolute atomic E-state index is 12.0. The van der Waals surface area contributed by atoms with Crippen LogP contribution < -0.4 is 5.73 Å². The first kappa shape index (κ1) is 14.5. The van der Waals surface area contributed by atoms with Crippen molar-refractivity contribution in [1.29, 1.82) is 0 Å². The predicted octanol–water partition coefficient (Wildman–Crippen LogP) is 1.39. The lowest BCUT2D eigenvalue weighted by Gasteiger charge is -2.27. The molecule has 1 rings (SSSR count). The lowest BCUT2D eigenvalue weighted by molar-refractivity contribution is -0.132. The summed E-state index contributed by atoms with van der Waals surface area (Å²) in [5.41, 5.74) is 5.73. The van der Waals surface area contributed by atoms with E-state index in [-0.39, 0.29) is 17.4 Å². The van der Waals surface area contributed by atoms with Crippen LogP contribution in [0, 0.1) is 5.41 Å². The van der Waals surface area contributed by atoms with Crippen LogP contribution in [0.15, 0.2) is 0 Å². The molecule has 1 saturated heterocycles. The SMILES string of the molecule is CN(C(=O)CCC(C)(C)CCN)C1CCOC1. The van der Waals surface area contributed by atoms with Crippen LogP contribution in [0.5, 0.6) is 0 Å². The fraction of sp³-hybridized carbons (Fsp3) is 0.923. The van der Waals surface area contributed by atoms with E-state index < -0.39 is 0 Å². The highest BCUT2D eigenvalue weighted by Gasteiger charge is 2.25. The van der Waals surface area contributed by atoms with Crippen molar-refractivity contribution in [1.82, 2.24) is 4.90 Å². The molecule has 1 aliphatic rings. The Labute approximate surface area is 104 Å². The molecule has 2 N–H and O–H groups in total. The minimum absolute atomic E-state index is 0.164. The summed E-state index contributed by atoms with van der Waals surface area (Å²) in [7, 11) is 1.89. The van der Waals surface area contributed by atoms with Gasteiger partial charge in [-0.25, -0.2) is 0 Å². The largest absolute Gasteiger partial charge is 0.379 e. The smallest absolute Gasteiger partial charge is 0.222 e. The number of hydrogen-bond acceptors (Lipinski definition) is 3. The molecule has 17 heavy (non-hydrogen) atoms. The Kier molecular flexibility index (Phi) is 5.40. The van der Waals surface area contributed by atoms with Crippen molar-refractivity contribution in [2.45, 2.75) is 45.6 Å². The Morgan fingerprint density at radius 2 is 2.18 bits per heavy atom. The van der Waals surface area contributed by atoms with E-state index in [2.05, 4.69) is 13.8 Å². The molecule has 1 heterocycles. The van der Waals surface area contributed by atoms with E-state index in [1.807, 2.05) is 11.9 Å². The molecule has 0 aromatic heterocycles. The van der Waals surface area contributed by atoms with E-state index in [1.54, 1.807) is 0 Å². The molecule has 1 amide bonds. The first-order chi connectivity index (χ1) is 7.96. The molecule has 1 fully saturated rings. The molecule has 100 valence electrons. The van der Waals surface area contributed by atoms with Crippen molar-refractivity contribution in [3.05, 3.63) is 0 Å². The summed E-state index contributed by atoms with van der Waals surface area (Å²) in [4.78, 5) is 13.9. The maximum Gasteiger partial charge on any atom is 0.222 e. The highest BCUT2D eigenvalue weighted by molar-refractivity contribution is 5.76. The normalized spacial score (nSPS) is 20.6. The Bertz CT molecular complexity index is 248. The number of carbonyl (C=O) groups excluding carboxylic acids is 1. The topological polar surface area (TPSA) is 55.6 Å².